The highest BCUT2D eigenvalue weighted by atomic mass is 16.5. The highest BCUT2D eigenvalue weighted by Crippen LogP contribution is 2.51. The van der Waals surface area contributed by atoms with Crippen molar-refractivity contribution in [3.8, 4) is 0 Å². The molecule has 0 aromatic rings. The fourth-order valence-electron chi connectivity index (χ4n) is 3.09. The zero-order valence-corrected chi connectivity index (χ0v) is 9.03. The van der Waals surface area contributed by atoms with Gasteiger partial charge in [0.15, 0.2) is 5.78 Å². The molecule has 2 saturated carbocycles. The van der Waals surface area contributed by atoms with Gasteiger partial charge in [0.1, 0.15) is 5.41 Å². The number of aliphatic hydroxyl groups is 1. The van der Waals surface area contributed by atoms with Crippen molar-refractivity contribution in [3.63, 3.8) is 0 Å². The van der Waals surface area contributed by atoms with Crippen LogP contribution in [-0.4, -0.2) is 30.1 Å². The molecule has 0 heterocycles. The van der Waals surface area contributed by atoms with Crippen LogP contribution in [0.4, 0.5) is 0 Å². The van der Waals surface area contributed by atoms with Gasteiger partial charge in [-0.25, -0.2) is 0 Å². The molecular formula is C11H16O4. The molecule has 2 bridgehead atoms. The lowest BCUT2D eigenvalue weighted by molar-refractivity contribution is -0.163. The SMILES string of the molecule is COC(=O)[C@]12CC[C@H](C1=O)[C@@H](O)[C@@H](C)C2. The number of carbonyl (C=O) groups excluding carboxylic acids is 2. The van der Waals surface area contributed by atoms with Gasteiger partial charge < -0.3 is 9.84 Å². The van der Waals surface area contributed by atoms with E-state index in [9.17, 15) is 14.7 Å². The standard InChI is InChI=1S/C11H16O4/c1-6-5-11(10(14)15-2)4-3-7(8(6)12)9(11)13/h6-8,12H,3-5H2,1-2H3/t6-,7-,8-,11-/m0/s1. The van der Waals surface area contributed by atoms with E-state index in [0.717, 1.165) is 0 Å². The summed E-state index contributed by atoms with van der Waals surface area (Å²) >= 11 is 0. The summed E-state index contributed by atoms with van der Waals surface area (Å²) in [4.78, 5) is 23.7. The Morgan fingerprint density at radius 2 is 2.27 bits per heavy atom. The van der Waals surface area contributed by atoms with Gasteiger partial charge in [-0.15, -0.1) is 0 Å². The number of fused-ring (bicyclic) bond motifs is 2. The van der Waals surface area contributed by atoms with E-state index in [-0.39, 0.29) is 17.6 Å². The first-order chi connectivity index (χ1) is 7.03. The van der Waals surface area contributed by atoms with E-state index in [1.165, 1.54) is 7.11 Å². The zero-order chi connectivity index (χ0) is 11.2. The van der Waals surface area contributed by atoms with Crippen molar-refractivity contribution in [1.82, 2.24) is 0 Å². The molecule has 1 N–H and O–H groups in total. The minimum absolute atomic E-state index is 0.00528. The molecule has 4 heteroatoms. The van der Waals surface area contributed by atoms with Crippen molar-refractivity contribution in [2.45, 2.75) is 32.3 Å². The molecule has 0 amide bonds. The van der Waals surface area contributed by atoms with Gasteiger partial charge in [-0.3, -0.25) is 9.59 Å². The first kappa shape index (κ1) is 10.6. The molecule has 2 aliphatic carbocycles. The normalized spacial score (nSPS) is 44.2. The number of methoxy groups -OCH3 is 1. The number of Topliss-reactive ketones (excluding diaryl/α,β-unsaturated/α-hetero) is 1. The van der Waals surface area contributed by atoms with Crippen LogP contribution >= 0.6 is 0 Å². The number of hydrogen-bond acceptors (Lipinski definition) is 4. The van der Waals surface area contributed by atoms with Crippen molar-refractivity contribution < 1.29 is 19.4 Å². The average Bonchev–Trinajstić information content (AvgIpc) is 2.47. The molecule has 0 spiro atoms. The first-order valence-corrected chi connectivity index (χ1v) is 5.34. The fraction of sp³-hybridized carbons (Fsp3) is 0.818. The number of ether oxygens (including phenoxy) is 1. The lowest BCUT2D eigenvalue weighted by Gasteiger charge is -2.35. The van der Waals surface area contributed by atoms with Crippen LogP contribution in [0.25, 0.3) is 0 Å². The van der Waals surface area contributed by atoms with Gasteiger partial charge in [0, 0.05) is 5.92 Å². The first-order valence-electron chi connectivity index (χ1n) is 5.34. The van der Waals surface area contributed by atoms with Crippen LogP contribution in [0.1, 0.15) is 26.2 Å². The molecule has 0 radical (unpaired) electrons. The third-order valence-electron chi connectivity index (χ3n) is 3.93. The Morgan fingerprint density at radius 3 is 2.87 bits per heavy atom. The van der Waals surface area contributed by atoms with Gasteiger partial charge in [0.25, 0.3) is 0 Å². The largest absolute Gasteiger partial charge is 0.468 e. The Kier molecular flexibility index (Phi) is 2.34. The monoisotopic (exact) mass is 212 g/mol. The highest BCUT2D eigenvalue weighted by Gasteiger charge is 2.60. The Morgan fingerprint density at radius 1 is 1.60 bits per heavy atom. The van der Waals surface area contributed by atoms with Gasteiger partial charge >= 0.3 is 5.97 Å². The quantitative estimate of drug-likeness (QED) is 0.508. The molecule has 0 aromatic carbocycles. The minimum atomic E-state index is -0.946. The predicted molar refractivity (Wildman–Crippen MR) is 52.0 cm³/mol. The molecule has 2 fully saturated rings. The summed E-state index contributed by atoms with van der Waals surface area (Å²) in [5.41, 5.74) is -0.946. The van der Waals surface area contributed by atoms with Gasteiger partial charge in [0.2, 0.25) is 0 Å². The van der Waals surface area contributed by atoms with Crippen molar-refractivity contribution in [1.29, 1.82) is 0 Å². The topological polar surface area (TPSA) is 63.6 Å². The number of carbonyl (C=O) groups is 2. The second kappa shape index (κ2) is 3.30. The van der Waals surface area contributed by atoms with Crippen LogP contribution in [0, 0.1) is 17.3 Å². The summed E-state index contributed by atoms with van der Waals surface area (Å²) in [5, 5.41) is 9.83. The maximum atomic E-state index is 12.0. The van der Waals surface area contributed by atoms with Crippen molar-refractivity contribution in [3.05, 3.63) is 0 Å². The van der Waals surface area contributed by atoms with Crippen LogP contribution < -0.4 is 0 Å². The third-order valence-corrected chi connectivity index (χ3v) is 3.93. The Labute approximate surface area is 88.6 Å². The molecule has 0 aromatic heterocycles. The second-order valence-corrected chi connectivity index (χ2v) is 4.76. The smallest absolute Gasteiger partial charge is 0.319 e. The molecule has 84 valence electrons. The van der Waals surface area contributed by atoms with Crippen LogP contribution in [0.5, 0.6) is 0 Å². The fourth-order valence-corrected chi connectivity index (χ4v) is 3.09. The Bertz CT molecular complexity index is 312. The lowest BCUT2D eigenvalue weighted by atomic mass is 9.69. The van der Waals surface area contributed by atoms with Gasteiger partial charge in [-0.1, -0.05) is 6.92 Å². The van der Waals surface area contributed by atoms with Crippen LogP contribution in [-0.2, 0) is 14.3 Å². The summed E-state index contributed by atoms with van der Waals surface area (Å²) in [7, 11) is 1.31. The molecule has 0 unspecified atom stereocenters. The second-order valence-electron chi connectivity index (χ2n) is 4.76. The number of esters is 1. The summed E-state index contributed by atoms with van der Waals surface area (Å²) in [6, 6.07) is 0. The van der Waals surface area contributed by atoms with Crippen molar-refractivity contribution >= 4 is 11.8 Å². The molecule has 2 rings (SSSR count). The van der Waals surface area contributed by atoms with E-state index in [1.807, 2.05) is 6.92 Å². The van der Waals surface area contributed by atoms with Crippen LogP contribution in [0.2, 0.25) is 0 Å². The molecule has 0 saturated heterocycles. The van der Waals surface area contributed by atoms with E-state index < -0.39 is 17.5 Å². The number of aliphatic hydroxyl groups excluding tert-OH is 1. The number of ketones is 1. The summed E-state index contributed by atoms with van der Waals surface area (Å²) < 4.78 is 4.72. The lowest BCUT2D eigenvalue weighted by Crippen LogP contribution is -2.48. The van der Waals surface area contributed by atoms with Gasteiger partial charge in [0.05, 0.1) is 13.2 Å². The van der Waals surface area contributed by atoms with Gasteiger partial charge in [-0.2, -0.15) is 0 Å². The summed E-state index contributed by atoms with van der Waals surface area (Å²) in [5.74, 6) is -0.893. The van der Waals surface area contributed by atoms with Crippen molar-refractivity contribution in [2.24, 2.45) is 17.3 Å². The predicted octanol–water partition coefficient (Wildman–Crippen LogP) is 0.526. The molecule has 4 atom stereocenters. The van der Waals surface area contributed by atoms with E-state index >= 15 is 0 Å². The average molecular weight is 212 g/mol. The van der Waals surface area contributed by atoms with Crippen molar-refractivity contribution in [2.75, 3.05) is 7.11 Å². The van der Waals surface area contributed by atoms with Gasteiger partial charge in [-0.05, 0) is 25.2 Å². The maximum Gasteiger partial charge on any atom is 0.319 e. The molecular weight excluding hydrogens is 196 g/mol. The van der Waals surface area contributed by atoms with Crippen LogP contribution in [0.15, 0.2) is 0 Å². The van der Waals surface area contributed by atoms with E-state index in [4.69, 9.17) is 4.74 Å². The zero-order valence-electron chi connectivity index (χ0n) is 9.03. The maximum absolute atomic E-state index is 12.0. The molecule has 15 heavy (non-hydrogen) atoms. The van der Waals surface area contributed by atoms with E-state index in [2.05, 4.69) is 0 Å². The highest BCUT2D eigenvalue weighted by molar-refractivity contribution is 6.07. The van der Waals surface area contributed by atoms with Crippen LogP contribution in [0.3, 0.4) is 0 Å². The van der Waals surface area contributed by atoms with E-state index in [0.29, 0.717) is 19.3 Å². The summed E-state index contributed by atoms with van der Waals surface area (Å²) in [6.45, 7) is 1.88. The number of rotatable bonds is 1. The molecule has 0 aliphatic heterocycles. The third kappa shape index (κ3) is 1.24. The van der Waals surface area contributed by atoms with E-state index in [1.54, 1.807) is 0 Å². The Hall–Kier alpha value is -0.900. The molecule has 4 nitrogen and oxygen atoms in total. The summed E-state index contributed by atoms with van der Waals surface area (Å²) in [6.07, 6.45) is 0.984. The number of hydrogen-bond donors (Lipinski definition) is 1. The molecule has 2 aliphatic rings. The Balaban J connectivity index is 2.35. The minimum Gasteiger partial charge on any atom is -0.468 e.